The minimum atomic E-state index is -0.559. The van der Waals surface area contributed by atoms with Crippen LogP contribution in [0, 0.1) is 6.92 Å². The molecule has 4 nitrogen and oxygen atoms in total. The minimum Gasteiger partial charge on any atom is -0.507 e. The number of phenols is 1. The van der Waals surface area contributed by atoms with E-state index in [0.717, 1.165) is 0 Å². The fourth-order valence-electron chi connectivity index (χ4n) is 2.37. The Kier molecular flexibility index (Phi) is 3.58. The second kappa shape index (κ2) is 5.42. The molecule has 0 radical (unpaired) electrons. The highest BCUT2D eigenvalue weighted by Gasteiger charge is 2.21. The van der Waals surface area contributed by atoms with Gasteiger partial charge in [0, 0.05) is 21.5 Å². The van der Waals surface area contributed by atoms with E-state index in [0.29, 0.717) is 21.0 Å². The van der Waals surface area contributed by atoms with E-state index in [4.69, 9.17) is 4.42 Å². The molecule has 2 aromatic carbocycles. The molecule has 0 aliphatic rings. The van der Waals surface area contributed by atoms with Crippen LogP contribution in [0.15, 0.2) is 56.1 Å². The van der Waals surface area contributed by atoms with E-state index in [-0.39, 0.29) is 16.9 Å². The lowest BCUT2D eigenvalue weighted by Gasteiger charge is -2.09. The number of hydrogen-bond acceptors (Lipinski definition) is 4. The summed E-state index contributed by atoms with van der Waals surface area (Å²) in [5.41, 5.74) is 0.606. The number of aryl methyl sites for hydroxylation is 1. The molecule has 3 aromatic rings. The Morgan fingerprint density at radius 2 is 1.91 bits per heavy atom. The van der Waals surface area contributed by atoms with Crippen LogP contribution in [0.2, 0.25) is 0 Å². The summed E-state index contributed by atoms with van der Waals surface area (Å²) >= 11 is 3.32. The maximum Gasteiger partial charge on any atom is 0.336 e. The first-order valence-electron chi connectivity index (χ1n) is 6.54. The summed E-state index contributed by atoms with van der Waals surface area (Å²) in [5, 5.41) is 10.7. The Morgan fingerprint density at radius 3 is 2.64 bits per heavy atom. The third kappa shape index (κ3) is 2.33. The van der Waals surface area contributed by atoms with Crippen LogP contribution in [-0.4, -0.2) is 10.9 Å². The Bertz CT molecular complexity index is 957. The summed E-state index contributed by atoms with van der Waals surface area (Å²) in [6, 6.07) is 11.3. The molecule has 1 aromatic heterocycles. The molecule has 5 heteroatoms. The molecular weight excluding hydrogens is 348 g/mol. The van der Waals surface area contributed by atoms with Gasteiger partial charge in [0.05, 0.1) is 0 Å². The average Bonchev–Trinajstić information content (AvgIpc) is 2.46. The summed E-state index contributed by atoms with van der Waals surface area (Å²) in [5.74, 6) is -0.633. The third-order valence-corrected chi connectivity index (χ3v) is 4.13. The van der Waals surface area contributed by atoms with E-state index in [1.165, 1.54) is 12.1 Å². The van der Waals surface area contributed by atoms with E-state index in [1.54, 1.807) is 37.3 Å². The van der Waals surface area contributed by atoms with Crippen molar-refractivity contribution in [3.63, 3.8) is 0 Å². The van der Waals surface area contributed by atoms with Gasteiger partial charge in [0.1, 0.15) is 11.3 Å². The lowest BCUT2D eigenvalue weighted by Crippen LogP contribution is -2.06. The number of carbonyl (C=O) groups is 1. The largest absolute Gasteiger partial charge is 0.507 e. The van der Waals surface area contributed by atoms with Crippen LogP contribution < -0.4 is 5.63 Å². The molecule has 0 atom stereocenters. The monoisotopic (exact) mass is 358 g/mol. The van der Waals surface area contributed by atoms with Gasteiger partial charge in [-0.3, -0.25) is 4.79 Å². The molecule has 0 saturated carbocycles. The van der Waals surface area contributed by atoms with Gasteiger partial charge in [-0.1, -0.05) is 28.1 Å². The van der Waals surface area contributed by atoms with Gasteiger partial charge in [0.2, 0.25) is 5.78 Å². The van der Waals surface area contributed by atoms with Crippen molar-refractivity contribution in [1.82, 2.24) is 0 Å². The topological polar surface area (TPSA) is 67.5 Å². The SMILES string of the molecule is Cc1cc(=O)oc2c(C(=O)c3ccccc3Br)c(O)ccc12. The van der Waals surface area contributed by atoms with E-state index in [9.17, 15) is 14.7 Å². The molecule has 0 saturated heterocycles. The Balaban J connectivity index is 2.35. The van der Waals surface area contributed by atoms with Crippen molar-refractivity contribution in [2.45, 2.75) is 6.92 Å². The van der Waals surface area contributed by atoms with Gasteiger partial charge < -0.3 is 9.52 Å². The maximum absolute atomic E-state index is 12.8. The van der Waals surface area contributed by atoms with Gasteiger partial charge in [-0.2, -0.15) is 0 Å². The van der Waals surface area contributed by atoms with Crippen molar-refractivity contribution < 1.29 is 14.3 Å². The highest BCUT2D eigenvalue weighted by atomic mass is 79.9. The van der Waals surface area contributed by atoms with E-state index in [1.807, 2.05) is 0 Å². The molecule has 110 valence electrons. The Hall–Kier alpha value is -2.40. The molecule has 0 bridgehead atoms. The number of halogens is 1. The number of fused-ring (bicyclic) bond motifs is 1. The first-order chi connectivity index (χ1) is 10.5. The van der Waals surface area contributed by atoms with Gasteiger partial charge in [-0.25, -0.2) is 4.79 Å². The van der Waals surface area contributed by atoms with E-state index in [2.05, 4.69) is 15.9 Å². The molecular formula is C17H11BrO4. The molecule has 0 aliphatic heterocycles. The van der Waals surface area contributed by atoms with Crippen LogP contribution in [0.25, 0.3) is 11.0 Å². The predicted molar refractivity (Wildman–Crippen MR) is 86.5 cm³/mol. The van der Waals surface area contributed by atoms with Crippen LogP contribution in [0.1, 0.15) is 21.5 Å². The first-order valence-corrected chi connectivity index (χ1v) is 7.34. The van der Waals surface area contributed by atoms with E-state index >= 15 is 0 Å². The summed E-state index contributed by atoms with van der Waals surface area (Å²) in [6.07, 6.45) is 0. The van der Waals surface area contributed by atoms with Crippen LogP contribution in [0.4, 0.5) is 0 Å². The Labute approximate surface area is 134 Å². The fraction of sp³-hybridized carbons (Fsp3) is 0.0588. The van der Waals surface area contributed by atoms with Crippen molar-refractivity contribution in [3.05, 3.63) is 74.0 Å². The number of aromatic hydroxyl groups is 1. The third-order valence-electron chi connectivity index (χ3n) is 3.44. The predicted octanol–water partition coefficient (Wildman–Crippen LogP) is 3.80. The molecule has 0 fully saturated rings. The summed E-state index contributed by atoms with van der Waals surface area (Å²) in [6.45, 7) is 1.75. The summed E-state index contributed by atoms with van der Waals surface area (Å²) < 4.78 is 5.79. The van der Waals surface area contributed by atoms with E-state index < -0.39 is 11.4 Å². The number of phenolic OH excluding ortho intramolecular Hbond substituents is 1. The van der Waals surface area contributed by atoms with Crippen LogP contribution in [0.5, 0.6) is 5.75 Å². The molecule has 0 unspecified atom stereocenters. The molecule has 0 spiro atoms. The molecule has 1 N–H and O–H groups in total. The standard InChI is InChI=1S/C17H11BrO4/c1-9-8-14(20)22-17-10(9)6-7-13(19)15(17)16(21)11-4-2-3-5-12(11)18/h2-8,19H,1H3. The van der Waals surface area contributed by atoms with Crippen molar-refractivity contribution in [2.24, 2.45) is 0 Å². The number of carbonyl (C=O) groups excluding carboxylic acids is 1. The molecule has 1 heterocycles. The molecule has 3 rings (SSSR count). The smallest absolute Gasteiger partial charge is 0.336 e. The van der Waals surface area contributed by atoms with Crippen molar-refractivity contribution in [1.29, 1.82) is 0 Å². The van der Waals surface area contributed by atoms with Crippen LogP contribution in [-0.2, 0) is 0 Å². The number of hydrogen-bond donors (Lipinski definition) is 1. The van der Waals surface area contributed by atoms with Crippen LogP contribution in [0.3, 0.4) is 0 Å². The van der Waals surface area contributed by atoms with Crippen LogP contribution >= 0.6 is 15.9 Å². The van der Waals surface area contributed by atoms with Gasteiger partial charge in [0.15, 0.2) is 5.58 Å². The quantitative estimate of drug-likeness (QED) is 0.558. The first kappa shape index (κ1) is 14.5. The fourth-order valence-corrected chi connectivity index (χ4v) is 2.84. The Morgan fingerprint density at radius 1 is 1.18 bits per heavy atom. The average molecular weight is 359 g/mol. The van der Waals surface area contributed by atoms with Gasteiger partial charge in [0.25, 0.3) is 0 Å². The zero-order valence-electron chi connectivity index (χ0n) is 11.6. The lowest BCUT2D eigenvalue weighted by atomic mass is 9.99. The highest BCUT2D eigenvalue weighted by Crippen LogP contribution is 2.31. The maximum atomic E-state index is 12.8. The van der Waals surface area contributed by atoms with Crippen molar-refractivity contribution in [3.8, 4) is 5.75 Å². The number of benzene rings is 2. The molecule has 0 aliphatic carbocycles. The highest BCUT2D eigenvalue weighted by molar-refractivity contribution is 9.10. The zero-order valence-corrected chi connectivity index (χ0v) is 13.2. The van der Waals surface area contributed by atoms with Crippen molar-refractivity contribution in [2.75, 3.05) is 0 Å². The second-order valence-electron chi connectivity index (χ2n) is 4.89. The molecule has 0 amide bonds. The lowest BCUT2D eigenvalue weighted by molar-refractivity contribution is 0.103. The normalized spacial score (nSPS) is 10.8. The van der Waals surface area contributed by atoms with Gasteiger partial charge in [-0.05, 0) is 36.8 Å². The molecule has 22 heavy (non-hydrogen) atoms. The van der Waals surface area contributed by atoms with Crippen molar-refractivity contribution >= 4 is 32.7 Å². The van der Waals surface area contributed by atoms with Gasteiger partial charge >= 0.3 is 5.63 Å². The number of rotatable bonds is 2. The second-order valence-corrected chi connectivity index (χ2v) is 5.75. The minimum absolute atomic E-state index is 0.00907. The number of ketones is 1. The van der Waals surface area contributed by atoms with Gasteiger partial charge in [-0.15, -0.1) is 0 Å². The summed E-state index contributed by atoms with van der Waals surface area (Å²) in [4.78, 5) is 24.4. The summed E-state index contributed by atoms with van der Waals surface area (Å²) in [7, 11) is 0. The zero-order chi connectivity index (χ0) is 15.9.